The summed E-state index contributed by atoms with van der Waals surface area (Å²) >= 11 is 5.75. The first-order valence-electron chi connectivity index (χ1n) is 5.67. The van der Waals surface area contributed by atoms with Crippen LogP contribution in [0.1, 0.15) is 23.7 Å². The summed E-state index contributed by atoms with van der Waals surface area (Å²) in [6.45, 7) is 3.06. The molecule has 1 N–H and O–H groups in total. The van der Waals surface area contributed by atoms with E-state index in [0.29, 0.717) is 23.8 Å². The van der Waals surface area contributed by atoms with E-state index in [9.17, 15) is 9.90 Å². The predicted molar refractivity (Wildman–Crippen MR) is 64.9 cm³/mol. The number of halogens is 1. The smallest absolute Gasteiger partial charge is 0.254 e. The lowest BCUT2D eigenvalue weighted by molar-refractivity contribution is 0.0762. The number of rotatable bonds is 2. The second-order valence-corrected chi connectivity index (χ2v) is 4.80. The van der Waals surface area contributed by atoms with Gasteiger partial charge in [-0.2, -0.15) is 0 Å². The van der Waals surface area contributed by atoms with Crippen LogP contribution in [-0.4, -0.2) is 40.1 Å². The highest BCUT2D eigenvalue weighted by Gasteiger charge is 2.29. The Morgan fingerprint density at radius 3 is 3.06 bits per heavy atom. The summed E-state index contributed by atoms with van der Waals surface area (Å²) < 4.78 is 0. The minimum Gasteiger partial charge on any atom is -0.393 e. The first-order chi connectivity index (χ1) is 8.08. The predicted octanol–water partition coefficient (Wildman–Crippen LogP) is 1.58. The van der Waals surface area contributed by atoms with Crippen LogP contribution < -0.4 is 0 Å². The average Bonchev–Trinajstić information content (AvgIpc) is 2.77. The van der Waals surface area contributed by atoms with Gasteiger partial charge in [-0.15, -0.1) is 0 Å². The molecule has 0 bridgehead atoms. The fourth-order valence-electron chi connectivity index (χ4n) is 2.08. The lowest BCUT2D eigenvalue weighted by atomic mass is 10.0. The van der Waals surface area contributed by atoms with Crippen LogP contribution in [0.2, 0.25) is 5.15 Å². The Kier molecular flexibility index (Phi) is 3.64. The largest absolute Gasteiger partial charge is 0.393 e. The van der Waals surface area contributed by atoms with Gasteiger partial charge in [-0.05, 0) is 25.5 Å². The fourth-order valence-corrected chi connectivity index (χ4v) is 2.26. The van der Waals surface area contributed by atoms with Crippen molar-refractivity contribution in [3.8, 4) is 0 Å². The van der Waals surface area contributed by atoms with Crippen LogP contribution in [0.4, 0.5) is 0 Å². The Labute approximate surface area is 105 Å². The lowest BCUT2D eigenvalue weighted by Crippen LogP contribution is -2.30. The Bertz CT molecular complexity index is 423. The Hall–Kier alpha value is -1.13. The lowest BCUT2D eigenvalue weighted by Gasteiger charge is -2.17. The number of nitrogens with zero attached hydrogens (tertiary/aromatic N) is 2. The quantitative estimate of drug-likeness (QED) is 0.816. The van der Waals surface area contributed by atoms with Crippen LogP contribution in [0, 0.1) is 5.92 Å². The third-order valence-electron chi connectivity index (χ3n) is 3.17. The zero-order chi connectivity index (χ0) is 12.4. The number of carbonyl (C=O) groups excluding carboxylic acids is 1. The first-order valence-corrected chi connectivity index (χ1v) is 6.04. The number of carbonyl (C=O) groups is 1. The number of likely N-dealkylation sites (tertiary alicyclic amines) is 1. The maximum atomic E-state index is 12.1. The van der Waals surface area contributed by atoms with Crippen molar-refractivity contribution in [3.05, 3.63) is 29.0 Å². The molecule has 4 nitrogen and oxygen atoms in total. The van der Waals surface area contributed by atoms with Crippen molar-refractivity contribution in [1.82, 2.24) is 9.88 Å². The summed E-state index contributed by atoms with van der Waals surface area (Å²) in [4.78, 5) is 17.7. The van der Waals surface area contributed by atoms with Gasteiger partial charge in [0.2, 0.25) is 0 Å². The summed E-state index contributed by atoms with van der Waals surface area (Å²) in [6.07, 6.45) is 2.01. The molecular weight excluding hydrogens is 240 g/mol. The maximum absolute atomic E-state index is 12.1. The molecule has 0 radical (unpaired) electrons. The van der Waals surface area contributed by atoms with Crippen molar-refractivity contribution in [2.45, 2.75) is 19.4 Å². The standard InChI is InChI=1S/C12H15ClN2O2/c1-8(16)10-3-5-15(7-10)12(17)9-2-4-14-11(13)6-9/h2,4,6,8,10,16H,3,5,7H2,1H3. The molecule has 1 aromatic rings. The monoisotopic (exact) mass is 254 g/mol. The van der Waals surface area contributed by atoms with Gasteiger partial charge in [-0.25, -0.2) is 4.98 Å². The van der Waals surface area contributed by atoms with Gasteiger partial charge < -0.3 is 10.0 Å². The molecule has 1 saturated heterocycles. The van der Waals surface area contributed by atoms with Crippen LogP contribution in [0.25, 0.3) is 0 Å². The van der Waals surface area contributed by atoms with Crippen molar-refractivity contribution < 1.29 is 9.90 Å². The maximum Gasteiger partial charge on any atom is 0.254 e. The molecule has 2 unspecified atom stereocenters. The van der Waals surface area contributed by atoms with Crippen LogP contribution >= 0.6 is 11.6 Å². The fraction of sp³-hybridized carbons (Fsp3) is 0.500. The van der Waals surface area contributed by atoms with Crippen molar-refractivity contribution in [3.63, 3.8) is 0 Å². The van der Waals surface area contributed by atoms with Crippen molar-refractivity contribution in [1.29, 1.82) is 0 Å². The zero-order valence-corrected chi connectivity index (χ0v) is 10.4. The summed E-state index contributed by atoms with van der Waals surface area (Å²) in [7, 11) is 0. The third-order valence-corrected chi connectivity index (χ3v) is 3.37. The summed E-state index contributed by atoms with van der Waals surface area (Å²) in [5.41, 5.74) is 0.552. The molecule has 1 amide bonds. The van der Waals surface area contributed by atoms with E-state index in [4.69, 9.17) is 11.6 Å². The van der Waals surface area contributed by atoms with Gasteiger partial charge in [0.1, 0.15) is 5.15 Å². The first kappa shape index (κ1) is 12.3. The molecule has 1 fully saturated rings. The van der Waals surface area contributed by atoms with E-state index in [0.717, 1.165) is 6.42 Å². The van der Waals surface area contributed by atoms with Crippen molar-refractivity contribution in [2.24, 2.45) is 5.92 Å². The minimum atomic E-state index is -0.367. The molecule has 1 aliphatic heterocycles. The van der Waals surface area contributed by atoms with Gasteiger partial charge in [-0.1, -0.05) is 11.6 Å². The molecule has 0 aromatic carbocycles. The number of aliphatic hydroxyl groups is 1. The molecule has 0 spiro atoms. The molecule has 2 atom stereocenters. The number of pyridine rings is 1. The highest BCUT2D eigenvalue weighted by molar-refractivity contribution is 6.29. The van der Waals surface area contributed by atoms with E-state index in [2.05, 4.69) is 4.98 Å². The van der Waals surface area contributed by atoms with E-state index >= 15 is 0 Å². The molecule has 92 valence electrons. The SMILES string of the molecule is CC(O)C1CCN(C(=O)c2ccnc(Cl)c2)C1. The number of hydrogen-bond donors (Lipinski definition) is 1. The Morgan fingerprint density at radius 2 is 2.47 bits per heavy atom. The van der Waals surface area contributed by atoms with Crippen LogP contribution in [-0.2, 0) is 0 Å². The van der Waals surface area contributed by atoms with Gasteiger partial charge in [0, 0.05) is 30.8 Å². The Balaban J connectivity index is 2.07. The highest BCUT2D eigenvalue weighted by Crippen LogP contribution is 2.21. The molecule has 17 heavy (non-hydrogen) atoms. The summed E-state index contributed by atoms with van der Waals surface area (Å²) in [6, 6.07) is 3.23. The number of aliphatic hydroxyl groups excluding tert-OH is 1. The molecule has 0 aliphatic carbocycles. The van der Waals surface area contributed by atoms with Gasteiger partial charge in [0.25, 0.3) is 5.91 Å². The minimum absolute atomic E-state index is 0.0440. The van der Waals surface area contributed by atoms with E-state index in [-0.39, 0.29) is 17.9 Å². The third kappa shape index (κ3) is 2.76. The summed E-state index contributed by atoms with van der Waals surface area (Å²) in [5.74, 6) is 0.133. The van der Waals surface area contributed by atoms with Crippen LogP contribution in [0.3, 0.4) is 0 Å². The highest BCUT2D eigenvalue weighted by atomic mass is 35.5. The number of hydrogen-bond acceptors (Lipinski definition) is 3. The van der Waals surface area contributed by atoms with Crippen LogP contribution in [0.15, 0.2) is 18.3 Å². The summed E-state index contributed by atoms with van der Waals surface area (Å²) in [5, 5.41) is 9.82. The zero-order valence-electron chi connectivity index (χ0n) is 9.64. The van der Waals surface area contributed by atoms with Gasteiger partial charge in [0.05, 0.1) is 6.10 Å². The second-order valence-electron chi connectivity index (χ2n) is 4.41. The van der Waals surface area contributed by atoms with Crippen molar-refractivity contribution >= 4 is 17.5 Å². The molecule has 1 aliphatic rings. The van der Waals surface area contributed by atoms with Crippen molar-refractivity contribution in [2.75, 3.05) is 13.1 Å². The average molecular weight is 255 g/mol. The van der Waals surface area contributed by atoms with Gasteiger partial charge in [0.15, 0.2) is 0 Å². The topological polar surface area (TPSA) is 53.4 Å². The van der Waals surface area contributed by atoms with E-state index in [1.54, 1.807) is 24.0 Å². The number of aromatic nitrogens is 1. The van der Waals surface area contributed by atoms with Gasteiger partial charge in [-0.3, -0.25) is 4.79 Å². The van der Waals surface area contributed by atoms with E-state index in [1.165, 1.54) is 6.20 Å². The Morgan fingerprint density at radius 1 is 1.71 bits per heavy atom. The molecule has 5 heteroatoms. The number of amides is 1. The molecule has 2 rings (SSSR count). The molecule has 1 aromatic heterocycles. The van der Waals surface area contributed by atoms with Crippen LogP contribution in [0.5, 0.6) is 0 Å². The molecule has 2 heterocycles. The van der Waals surface area contributed by atoms with E-state index < -0.39 is 0 Å². The molecular formula is C12H15ClN2O2. The molecule has 0 saturated carbocycles. The second kappa shape index (κ2) is 5.02. The van der Waals surface area contributed by atoms with Gasteiger partial charge >= 0.3 is 0 Å². The van der Waals surface area contributed by atoms with E-state index in [1.807, 2.05) is 0 Å². The normalized spacial score (nSPS) is 21.6.